The zero-order chi connectivity index (χ0) is 13.3. The number of aliphatic hydroxyl groups excluding tert-OH is 1. The minimum Gasteiger partial charge on any atom is -0.481 e. The van der Waals surface area contributed by atoms with Crippen molar-refractivity contribution in [3.63, 3.8) is 0 Å². The van der Waals surface area contributed by atoms with Gasteiger partial charge >= 0.3 is 5.97 Å². The Labute approximate surface area is 108 Å². The summed E-state index contributed by atoms with van der Waals surface area (Å²) in [5.41, 5.74) is 1.20. The van der Waals surface area contributed by atoms with Gasteiger partial charge in [-0.15, -0.1) is 0 Å². The zero-order valence-corrected chi connectivity index (χ0v) is 11.0. The second kappa shape index (κ2) is 5.27. The molecule has 0 fully saturated rings. The van der Waals surface area contributed by atoms with Gasteiger partial charge in [-0.1, -0.05) is 32.1 Å². The smallest absolute Gasteiger partial charge is 0.303 e. The van der Waals surface area contributed by atoms with Gasteiger partial charge in [-0.3, -0.25) is 4.79 Å². The van der Waals surface area contributed by atoms with Crippen molar-refractivity contribution in [2.45, 2.75) is 39.2 Å². The molecule has 18 heavy (non-hydrogen) atoms. The molecule has 0 aromatic rings. The summed E-state index contributed by atoms with van der Waals surface area (Å²) in [6.07, 6.45) is 7.80. The van der Waals surface area contributed by atoms with Crippen molar-refractivity contribution in [2.24, 2.45) is 23.7 Å². The van der Waals surface area contributed by atoms with Crippen LogP contribution in [0.3, 0.4) is 0 Å². The van der Waals surface area contributed by atoms with E-state index >= 15 is 0 Å². The maximum absolute atomic E-state index is 10.7. The Balaban J connectivity index is 2.20. The van der Waals surface area contributed by atoms with Crippen LogP contribution in [0.4, 0.5) is 0 Å². The van der Waals surface area contributed by atoms with Crippen LogP contribution in [0.5, 0.6) is 0 Å². The second-order valence-corrected chi connectivity index (χ2v) is 5.79. The maximum atomic E-state index is 10.7. The van der Waals surface area contributed by atoms with Crippen LogP contribution in [0.25, 0.3) is 0 Å². The molecule has 0 heterocycles. The summed E-state index contributed by atoms with van der Waals surface area (Å²) in [5.74, 6) is 0.375. The lowest BCUT2D eigenvalue weighted by Crippen LogP contribution is -2.38. The molecule has 0 saturated heterocycles. The third-order valence-electron chi connectivity index (χ3n) is 4.31. The molecule has 0 aromatic carbocycles. The summed E-state index contributed by atoms with van der Waals surface area (Å²) in [6.45, 7) is 4.23. The van der Waals surface area contributed by atoms with Crippen LogP contribution in [-0.2, 0) is 4.79 Å². The van der Waals surface area contributed by atoms with Crippen LogP contribution >= 0.6 is 0 Å². The predicted molar refractivity (Wildman–Crippen MR) is 70.0 cm³/mol. The Morgan fingerprint density at radius 3 is 2.83 bits per heavy atom. The van der Waals surface area contributed by atoms with Crippen LogP contribution in [0.15, 0.2) is 23.8 Å². The first kappa shape index (κ1) is 13.3. The highest BCUT2D eigenvalue weighted by atomic mass is 16.4. The van der Waals surface area contributed by atoms with Crippen molar-refractivity contribution in [3.8, 4) is 0 Å². The summed E-state index contributed by atoms with van der Waals surface area (Å²) in [6, 6.07) is 0. The quantitative estimate of drug-likeness (QED) is 0.809. The lowest BCUT2D eigenvalue weighted by molar-refractivity contribution is -0.137. The molecular formula is C15H22O3. The van der Waals surface area contributed by atoms with Gasteiger partial charge in [0.15, 0.2) is 0 Å². The summed E-state index contributed by atoms with van der Waals surface area (Å²) in [4.78, 5) is 10.7. The molecule has 2 aliphatic carbocycles. The van der Waals surface area contributed by atoms with Crippen molar-refractivity contribution in [2.75, 3.05) is 0 Å². The van der Waals surface area contributed by atoms with E-state index in [0.29, 0.717) is 18.3 Å². The first-order chi connectivity index (χ1) is 8.49. The fourth-order valence-corrected chi connectivity index (χ4v) is 3.42. The highest BCUT2D eigenvalue weighted by Crippen LogP contribution is 2.43. The lowest BCUT2D eigenvalue weighted by Gasteiger charge is -2.41. The van der Waals surface area contributed by atoms with Gasteiger partial charge < -0.3 is 10.2 Å². The fourth-order valence-electron chi connectivity index (χ4n) is 3.42. The van der Waals surface area contributed by atoms with E-state index in [-0.39, 0.29) is 24.4 Å². The van der Waals surface area contributed by atoms with E-state index < -0.39 is 5.97 Å². The van der Waals surface area contributed by atoms with Crippen LogP contribution in [-0.4, -0.2) is 22.3 Å². The van der Waals surface area contributed by atoms with Gasteiger partial charge in [0.25, 0.3) is 0 Å². The van der Waals surface area contributed by atoms with E-state index in [9.17, 15) is 9.90 Å². The van der Waals surface area contributed by atoms with Gasteiger partial charge in [-0.25, -0.2) is 0 Å². The van der Waals surface area contributed by atoms with Crippen LogP contribution < -0.4 is 0 Å². The van der Waals surface area contributed by atoms with Gasteiger partial charge in [0.1, 0.15) is 0 Å². The molecule has 3 nitrogen and oxygen atoms in total. The topological polar surface area (TPSA) is 57.5 Å². The summed E-state index contributed by atoms with van der Waals surface area (Å²) in [5, 5.41) is 19.1. The molecule has 100 valence electrons. The molecule has 3 heteroatoms. The molecule has 0 amide bonds. The third kappa shape index (κ3) is 2.66. The molecule has 5 atom stereocenters. The highest BCUT2D eigenvalue weighted by molar-refractivity contribution is 5.66. The molecule has 0 bridgehead atoms. The van der Waals surface area contributed by atoms with Gasteiger partial charge in [0.05, 0.1) is 6.10 Å². The molecule has 0 radical (unpaired) electrons. The number of allylic oxidation sites excluding steroid dienone is 3. The molecule has 0 spiro atoms. The fraction of sp³-hybridized carbons (Fsp3) is 0.667. The minimum absolute atomic E-state index is 0.126. The Hall–Kier alpha value is -1.09. The Morgan fingerprint density at radius 2 is 2.17 bits per heavy atom. The minimum atomic E-state index is -0.749. The number of aliphatic hydroxyl groups is 1. The van der Waals surface area contributed by atoms with E-state index in [4.69, 9.17) is 5.11 Å². The standard InChI is InChI=1S/C15H22O3/c1-9-7-11-4-3-10(2)12(5-6-14(17)18)15(11)13(16)8-9/h3-4,7,9-10,12-13,15-16H,5-6,8H2,1-2H3,(H,17,18)/t9-,10-,12-,13-,15-/m0/s1. The number of fused-ring (bicyclic) bond motifs is 1. The maximum Gasteiger partial charge on any atom is 0.303 e. The first-order valence-corrected chi connectivity index (χ1v) is 6.78. The van der Waals surface area contributed by atoms with Crippen LogP contribution in [0.1, 0.15) is 33.1 Å². The molecule has 0 aromatic heterocycles. The van der Waals surface area contributed by atoms with E-state index in [1.807, 2.05) is 0 Å². The van der Waals surface area contributed by atoms with Crippen LogP contribution in [0, 0.1) is 23.7 Å². The van der Waals surface area contributed by atoms with E-state index in [2.05, 4.69) is 32.1 Å². The molecule has 0 saturated carbocycles. The number of hydrogen-bond donors (Lipinski definition) is 2. The van der Waals surface area contributed by atoms with E-state index in [1.165, 1.54) is 5.57 Å². The van der Waals surface area contributed by atoms with Gasteiger partial charge in [0, 0.05) is 12.3 Å². The summed E-state index contributed by atoms with van der Waals surface area (Å²) >= 11 is 0. The van der Waals surface area contributed by atoms with E-state index in [1.54, 1.807) is 0 Å². The predicted octanol–water partition coefficient (Wildman–Crippen LogP) is 2.62. The second-order valence-electron chi connectivity index (χ2n) is 5.79. The average Bonchev–Trinajstić information content (AvgIpc) is 2.27. The van der Waals surface area contributed by atoms with Crippen molar-refractivity contribution in [1.82, 2.24) is 0 Å². The number of carboxylic acids is 1. The van der Waals surface area contributed by atoms with Crippen LogP contribution in [0.2, 0.25) is 0 Å². The van der Waals surface area contributed by atoms with Crippen molar-refractivity contribution in [1.29, 1.82) is 0 Å². The Bertz CT molecular complexity index is 383. The lowest BCUT2D eigenvalue weighted by atomic mass is 9.65. The Morgan fingerprint density at radius 1 is 1.44 bits per heavy atom. The molecular weight excluding hydrogens is 228 g/mol. The average molecular weight is 250 g/mol. The zero-order valence-electron chi connectivity index (χ0n) is 11.0. The number of carbonyl (C=O) groups is 1. The van der Waals surface area contributed by atoms with Gasteiger partial charge in [-0.2, -0.15) is 0 Å². The largest absolute Gasteiger partial charge is 0.481 e. The number of rotatable bonds is 3. The van der Waals surface area contributed by atoms with Gasteiger partial charge in [-0.05, 0) is 36.2 Å². The molecule has 0 aliphatic heterocycles. The molecule has 0 unspecified atom stereocenters. The third-order valence-corrected chi connectivity index (χ3v) is 4.31. The van der Waals surface area contributed by atoms with E-state index in [0.717, 1.165) is 6.42 Å². The SMILES string of the molecule is C[C@H]1C=C2C=C[C@H](C)[C@H](CCC(=O)O)[C@H]2[C@@H](O)C1. The van der Waals surface area contributed by atoms with Crippen molar-refractivity contribution >= 4 is 5.97 Å². The summed E-state index contributed by atoms with van der Waals surface area (Å²) in [7, 11) is 0. The van der Waals surface area contributed by atoms with Crippen molar-refractivity contribution in [3.05, 3.63) is 23.8 Å². The monoisotopic (exact) mass is 250 g/mol. The van der Waals surface area contributed by atoms with Crippen molar-refractivity contribution < 1.29 is 15.0 Å². The molecule has 2 N–H and O–H groups in total. The van der Waals surface area contributed by atoms with Gasteiger partial charge in [0.2, 0.25) is 0 Å². The normalized spacial score (nSPS) is 39.1. The Kier molecular flexibility index (Phi) is 3.91. The molecule has 2 aliphatic rings. The molecule has 2 rings (SSSR count). The number of hydrogen-bond acceptors (Lipinski definition) is 2. The highest BCUT2D eigenvalue weighted by Gasteiger charge is 2.38. The number of aliphatic carboxylic acids is 1. The summed E-state index contributed by atoms with van der Waals surface area (Å²) < 4.78 is 0. The first-order valence-electron chi connectivity index (χ1n) is 6.78. The number of carboxylic acid groups (broad SMARTS) is 1.